The predicted octanol–water partition coefficient (Wildman–Crippen LogP) is 11.0. The minimum Gasteiger partial charge on any atom is -0.391 e. The van der Waals surface area contributed by atoms with Crippen LogP contribution in [-0.2, 0) is 14.9 Å². The van der Waals surface area contributed by atoms with Gasteiger partial charge in [0.2, 0.25) is 5.91 Å². The second-order valence-electron chi connectivity index (χ2n) is 13.6. The Morgan fingerprint density at radius 3 is 1.38 bits per heavy atom. The molecule has 0 fully saturated rings. The quantitative estimate of drug-likeness (QED) is 0.0357. The van der Waals surface area contributed by atoms with E-state index >= 15 is 0 Å². The minimum absolute atomic E-state index is 0.254. The summed E-state index contributed by atoms with van der Waals surface area (Å²) in [6, 6.07) is -0.970. The highest BCUT2D eigenvalue weighted by atomic mass is 32.2. The van der Waals surface area contributed by atoms with Crippen molar-refractivity contribution in [1.29, 1.82) is 0 Å². The Hall–Kier alpha value is -0.920. The Balaban J connectivity index is 3.86. The zero-order valence-electron chi connectivity index (χ0n) is 29.8. The molecule has 0 aliphatic rings. The summed E-state index contributed by atoms with van der Waals surface area (Å²) in [5.41, 5.74) is 0. The standard InChI is InChI=1S/C38H75NO5S/c1-3-5-7-9-11-13-15-17-18-19-20-21-22-23-25-27-29-31-33-37(40)36(35-45(42,43)44)39-38(41)34-32-30-28-26-24-16-14-12-10-8-6-4-2/h12,14,36-37,40H,3-11,13,15-35H2,1-2H3,(H,39,41)(H,42,43,44)/b14-12-. The summed E-state index contributed by atoms with van der Waals surface area (Å²) < 4.78 is 32.4. The molecule has 1 amide bonds. The first-order chi connectivity index (χ1) is 21.8. The van der Waals surface area contributed by atoms with E-state index < -0.39 is 28.0 Å². The zero-order valence-corrected chi connectivity index (χ0v) is 30.6. The maximum atomic E-state index is 12.5. The molecule has 45 heavy (non-hydrogen) atoms. The van der Waals surface area contributed by atoms with E-state index in [0.717, 1.165) is 51.4 Å². The molecule has 0 aromatic carbocycles. The lowest BCUT2D eigenvalue weighted by atomic mass is 10.0. The monoisotopic (exact) mass is 658 g/mol. The highest BCUT2D eigenvalue weighted by Crippen LogP contribution is 2.16. The van der Waals surface area contributed by atoms with Gasteiger partial charge in [0.15, 0.2) is 0 Å². The van der Waals surface area contributed by atoms with Gasteiger partial charge in [0.25, 0.3) is 10.1 Å². The van der Waals surface area contributed by atoms with E-state index in [0.29, 0.717) is 12.8 Å². The molecule has 7 heteroatoms. The number of allylic oxidation sites excluding steroid dienone is 2. The van der Waals surface area contributed by atoms with Gasteiger partial charge in [-0.25, -0.2) is 0 Å². The molecule has 0 aliphatic carbocycles. The van der Waals surface area contributed by atoms with Crippen molar-refractivity contribution in [3.63, 3.8) is 0 Å². The topological polar surface area (TPSA) is 104 Å². The van der Waals surface area contributed by atoms with Crippen molar-refractivity contribution in [3.8, 4) is 0 Å². The van der Waals surface area contributed by atoms with Crippen LogP contribution in [0.2, 0.25) is 0 Å². The number of aliphatic hydroxyl groups excluding tert-OH is 1. The van der Waals surface area contributed by atoms with E-state index in [9.17, 15) is 22.9 Å². The molecule has 2 atom stereocenters. The molecule has 0 aromatic rings. The number of amides is 1. The Morgan fingerprint density at radius 2 is 0.933 bits per heavy atom. The van der Waals surface area contributed by atoms with Crippen LogP contribution in [0.15, 0.2) is 12.2 Å². The van der Waals surface area contributed by atoms with E-state index in [1.165, 1.54) is 128 Å². The van der Waals surface area contributed by atoms with Gasteiger partial charge in [-0.1, -0.05) is 174 Å². The van der Waals surface area contributed by atoms with E-state index in [-0.39, 0.29) is 5.91 Å². The lowest BCUT2D eigenvalue weighted by molar-refractivity contribution is -0.122. The molecule has 268 valence electrons. The number of hydrogen-bond acceptors (Lipinski definition) is 4. The predicted molar refractivity (Wildman–Crippen MR) is 193 cm³/mol. The average molecular weight is 658 g/mol. The lowest BCUT2D eigenvalue weighted by Gasteiger charge is -2.23. The number of aliphatic hydroxyl groups is 1. The molecule has 3 N–H and O–H groups in total. The summed E-state index contributed by atoms with van der Waals surface area (Å²) in [7, 11) is -4.30. The van der Waals surface area contributed by atoms with Crippen molar-refractivity contribution < 1.29 is 22.9 Å². The van der Waals surface area contributed by atoms with E-state index in [1.54, 1.807) is 0 Å². The molecule has 0 aromatic heterocycles. The van der Waals surface area contributed by atoms with Gasteiger partial charge in [-0.15, -0.1) is 0 Å². The van der Waals surface area contributed by atoms with Crippen LogP contribution in [0.1, 0.15) is 206 Å². The van der Waals surface area contributed by atoms with Gasteiger partial charge >= 0.3 is 0 Å². The smallest absolute Gasteiger partial charge is 0.266 e. The lowest BCUT2D eigenvalue weighted by Crippen LogP contribution is -2.47. The SMILES string of the molecule is CCCCC/C=C\CCCCCCCC(=O)NC(CS(=O)(=O)O)C(O)CCCCCCCCCCCCCCCCCCCC. The molecule has 0 saturated heterocycles. The van der Waals surface area contributed by atoms with Gasteiger partial charge in [0.1, 0.15) is 0 Å². The molecule has 0 radical (unpaired) electrons. The first-order valence-electron chi connectivity index (χ1n) is 19.4. The second kappa shape index (κ2) is 33.0. The van der Waals surface area contributed by atoms with Gasteiger partial charge < -0.3 is 10.4 Å². The molecule has 0 heterocycles. The molecule has 6 nitrogen and oxygen atoms in total. The molecule has 0 saturated carbocycles. The first-order valence-corrected chi connectivity index (χ1v) is 21.0. The van der Waals surface area contributed by atoms with Crippen LogP contribution in [0.3, 0.4) is 0 Å². The summed E-state index contributed by atoms with van der Waals surface area (Å²) in [6.45, 7) is 4.49. The summed E-state index contributed by atoms with van der Waals surface area (Å²) in [6.07, 6.45) is 38.7. The Morgan fingerprint density at radius 1 is 0.578 bits per heavy atom. The maximum absolute atomic E-state index is 12.5. The van der Waals surface area contributed by atoms with Crippen molar-refractivity contribution in [2.45, 2.75) is 219 Å². The van der Waals surface area contributed by atoms with Gasteiger partial charge in [-0.05, 0) is 38.5 Å². The number of unbranched alkanes of at least 4 members (excludes halogenated alkanes) is 25. The number of rotatable bonds is 35. The summed E-state index contributed by atoms with van der Waals surface area (Å²) in [4.78, 5) is 12.5. The maximum Gasteiger partial charge on any atom is 0.266 e. The fourth-order valence-electron chi connectivity index (χ4n) is 6.04. The van der Waals surface area contributed by atoms with Crippen LogP contribution in [0.4, 0.5) is 0 Å². The van der Waals surface area contributed by atoms with Gasteiger partial charge in [-0.2, -0.15) is 8.42 Å². The third-order valence-corrected chi connectivity index (χ3v) is 9.75. The first kappa shape index (κ1) is 44.1. The van der Waals surface area contributed by atoms with E-state index in [1.807, 2.05) is 0 Å². The Kier molecular flexibility index (Phi) is 32.3. The number of hydrogen-bond donors (Lipinski definition) is 3. The van der Waals surface area contributed by atoms with E-state index in [4.69, 9.17) is 0 Å². The van der Waals surface area contributed by atoms with Crippen molar-refractivity contribution in [3.05, 3.63) is 12.2 Å². The van der Waals surface area contributed by atoms with Crippen molar-refractivity contribution in [1.82, 2.24) is 5.32 Å². The summed E-state index contributed by atoms with van der Waals surface area (Å²) in [5.74, 6) is -0.902. The molecule has 0 rings (SSSR count). The van der Waals surface area contributed by atoms with Crippen LogP contribution < -0.4 is 5.32 Å². The minimum atomic E-state index is -4.30. The Bertz CT molecular complexity index is 770. The molecule has 0 bridgehead atoms. The molecular formula is C38H75NO5S. The van der Waals surface area contributed by atoms with Crippen LogP contribution >= 0.6 is 0 Å². The van der Waals surface area contributed by atoms with E-state index in [2.05, 4.69) is 31.3 Å². The average Bonchev–Trinajstić information content (AvgIpc) is 3.00. The van der Waals surface area contributed by atoms with Crippen LogP contribution in [-0.4, -0.2) is 41.9 Å². The molecular weight excluding hydrogens is 582 g/mol. The number of carbonyl (C=O) groups excluding carboxylic acids is 1. The van der Waals surface area contributed by atoms with Crippen molar-refractivity contribution in [2.75, 3.05) is 5.75 Å². The fourth-order valence-corrected chi connectivity index (χ4v) is 6.80. The third kappa shape index (κ3) is 34.2. The fraction of sp³-hybridized carbons (Fsp3) is 0.921. The van der Waals surface area contributed by atoms with Crippen LogP contribution in [0, 0.1) is 0 Å². The number of carbonyl (C=O) groups is 1. The van der Waals surface area contributed by atoms with Crippen LogP contribution in [0.25, 0.3) is 0 Å². The Labute approximate surface area is 280 Å². The zero-order chi connectivity index (χ0) is 33.3. The highest BCUT2D eigenvalue weighted by Gasteiger charge is 2.26. The summed E-state index contributed by atoms with van der Waals surface area (Å²) >= 11 is 0. The third-order valence-electron chi connectivity index (χ3n) is 8.97. The van der Waals surface area contributed by atoms with Crippen LogP contribution in [0.5, 0.6) is 0 Å². The van der Waals surface area contributed by atoms with Crippen molar-refractivity contribution in [2.24, 2.45) is 0 Å². The molecule has 0 aliphatic heterocycles. The number of nitrogens with one attached hydrogen (secondary N) is 1. The van der Waals surface area contributed by atoms with Gasteiger partial charge in [0, 0.05) is 6.42 Å². The second-order valence-corrected chi connectivity index (χ2v) is 15.1. The van der Waals surface area contributed by atoms with Crippen molar-refractivity contribution >= 4 is 16.0 Å². The molecule has 0 spiro atoms. The highest BCUT2D eigenvalue weighted by molar-refractivity contribution is 7.85. The van der Waals surface area contributed by atoms with Gasteiger partial charge in [-0.3, -0.25) is 9.35 Å². The summed E-state index contributed by atoms with van der Waals surface area (Å²) in [5, 5.41) is 13.3. The normalized spacial score (nSPS) is 13.4. The molecule has 2 unspecified atom stereocenters. The largest absolute Gasteiger partial charge is 0.391 e. The van der Waals surface area contributed by atoms with Gasteiger partial charge in [0.05, 0.1) is 17.9 Å².